The Hall–Kier alpha value is -4.05. The van der Waals surface area contributed by atoms with Gasteiger partial charge in [0, 0.05) is 19.2 Å². The van der Waals surface area contributed by atoms with Crippen molar-refractivity contribution in [1.29, 1.82) is 0 Å². The molecule has 0 radical (unpaired) electrons. The van der Waals surface area contributed by atoms with E-state index in [4.69, 9.17) is 9.47 Å². The van der Waals surface area contributed by atoms with E-state index in [9.17, 15) is 18.0 Å². The Bertz CT molecular complexity index is 1470. The third-order valence-electron chi connectivity index (χ3n) is 6.87. The highest BCUT2D eigenvalue weighted by atomic mass is 32.2. The van der Waals surface area contributed by atoms with Crippen molar-refractivity contribution < 1.29 is 27.5 Å². The predicted molar refractivity (Wildman–Crippen MR) is 164 cm³/mol. The molecule has 0 heterocycles. The second kappa shape index (κ2) is 14.2. The van der Waals surface area contributed by atoms with Crippen molar-refractivity contribution in [3.05, 3.63) is 83.4 Å². The lowest BCUT2D eigenvalue weighted by Gasteiger charge is -2.32. The summed E-state index contributed by atoms with van der Waals surface area (Å²) in [5.74, 6) is -0.0233. The Morgan fingerprint density at radius 1 is 0.857 bits per heavy atom. The molecule has 1 N–H and O–H groups in total. The Kier molecular flexibility index (Phi) is 11.0. The molecule has 10 heteroatoms. The number of carbonyl (C=O) groups is 2. The highest BCUT2D eigenvalue weighted by molar-refractivity contribution is 7.92. The number of benzene rings is 3. The average molecular weight is 596 g/mol. The molecule has 0 saturated heterocycles. The maximum atomic E-state index is 14.1. The topological polar surface area (TPSA) is 105 Å². The van der Waals surface area contributed by atoms with Crippen LogP contribution in [-0.2, 0) is 26.2 Å². The smallest absolute Gasteiger partial charge is 0.264 e. The molecule has 3 aromatic rings. The fourth-order valence-electron chi connectivity index (χ4n) is 4.27. The van der Waals surface area contributed by atoms with E-state index in [-0.39, 0.29) is 34.7 Å². The molecular weight excluding hydrogens is 554 g/mol. The van der Waals surface area contributed by atoms with Gasteiger partial charge in [-0.05, 0) is 56.5 Å². The maximum Gasteiger partial charge on any atom is 0.264 e. The summed E-state index contributed by atoms with van der Waals surface area (Å²) in [6.07, 6.45) is 0. The summed E-state index contributed by atoms with van der Waals surface area (Å²) >= 11 is 0. The lowest BCUT2D eigenvalue weighted by Crippen LogP contribution is -2.51. The summed E-state index contributed by atoms with van der Waals surface area (Å²) in [6, 6.07) is 17.9. The van der Waals surface area contributed by atoms with Crippen molar-refractivity contribution in [2.24, 2.45) is 5.92 Å². The summed E-state index contributed by atoms with van der Waals surface area (Å²) in [7, 11) is -1.36. The van der Waals surface area contributed by atoms with Gasteiger partial charge >= 0.3 is 0 Å². The summed E-state index contributed by atoms with van der Waals surface area (Å²) in [5.41, 5.74) is 2.89. The molecule has 0 aliphatic rings. The van der Waals surface area contributed by atoms with Crippen LogP contribution < -0.4 is 19.1 Å². The number of rotatable bonds is 13. The SMILES string of the molecule is COc1ccc(OC)c(N(CC(=O)N(Cc2ccc(C)cc2)[C@@H](C)C(=O)NCC(C)C)S(=O)(=O)c2ccc(C)cc2)c1. The van der Waals surface area contributed by atoms with Crippen LogP contribution in [0.4, 0.5) is 5.69 Å². The van der Waals surface area contributed by atoms with Crippen LogP contribution in [0.3, 0.4) is 0 Å². The number of nitrogens with zero attached hydrogens (tertiary/aromatic N) is 2. The fourth-order valence-corrected chi connectivity index (χ4v) is 5.68. The van der Waals surface area contributed by atoms with Crippen molar-refractivity contribution in [2.45, 2.75) is 52.1 Å². The number of amides is 2. The van der Waals surface area contributed by atoms with Gasteiger partial charge in [0.2, 0.25) is 11.8 Å². The monoisotopic (exact) mass is 595 g/mol. The number of hydrogen-bond acceptors (Lipinski definition) is 6. The van der Waals surface area contributed by atoms with Crippen LogP contribution in [0.1, 0.15) is 37.5 Å². The Balaban J connectivity index is 2.10. The number of nitrogens with one attached hydrogen (secondary N) is 1. The largest absolute Gasteiger partial charge is 0.497 e. The van der Waals surface area contributed by atoms with Gasteiger partial charge in [0.15, 0.2) is 0 Å². The summed E-state index contributed by atoms with van der Waals surface area (Å²) in [4.78, 5) is 28.7. The molecule has 0 unspecified atom stereocenters. The van der Waals surface area contributed by atoms with Gasteiger partial charge in [0.1, 0.15) is 24.1 Å². The fraction of sp³-hybridized carbons (Fsp3) is 0.375. The van der Waals surface area contributed by atoms with Crippen molar-refractivity contribution in [1.82, 2.24) is 10.2 Å². The van der Waals surface area contributed by atoms with Crippen molar-refractivity contribution in [3.8, 4) is 11.5 Å². The van der Waals surface area contributed by atoms with Crippen molar-refractivity contribution >= 4 is 27.5 Å². The zero-order valence-corrected chi connectivity index (χ0v) is 26.2. The molecule has 3 aromatic carbocycles. The van der Waals surface area contributed by atoms with Crippen LogP contribution in [0.25, 0.3) is 0 Å². The van der Waals surface area contributed by atoms with E-state index >= 15 is 0 Å². The van der Waals surface area contributed by atoms with E-state index in [1.165, 1.54) is 37.3 Å². The number of methoxy groups -OCH3 is 2. The van der Waals surface area contributed by atoms with Crippen LogP contribution in [0.2, 0.25) is 0 Å². The first kappa shape index (κ1) is 32.5. The molecule has 1 atom stereocenters. The van der Waals surface area contributed by atoms with Crippen LogP contribution in [0.15, 0.2) is 71.6 Å². The van der Waals surface area contributed by atoms with Gasteiger partial charge in [-0.25, -0.2) is 8.42 Å². The number of aryl methyl sites for hydroxylation is 2. The van der Waals surface area contributed by atoms with Crippen LogP contribution in [0, 0.1) is 19.8 Å². The molecule has 0 saturated carbocycles. The molecule has 2 amide bonds. The maximum absolute atomic E-state index is 14.1. The van der Waals surface area contributed by atoms with E-state index < -0.39 is 28.5 Å². The summed E-state index contributed by atoms with van der Waals surface area (Å²) < 4.78 is 40.2. The molecule has 0 spiro atoms. The molecule has 226 valence electrons. The molecule has 3 rings (SSSR count). The van der Waals surface area contributed by atoms with Crippen LogP contribution in [0.5, 0.6) is 11.5 Å². The number of ether oxygens (including phenoxy) is 2. The van der Waals surface area contributed by atoms with Gasteiger partial charge < -0.3 is 19.7 Å². The average Bonchev–Trinajstić information content (AvgIpc) is 2.97. The Labute approximate surface area is 249 Å². The third-order valence-corrected chi connectivity index (χ3v) is 8.64. The first-order chi connectivity index (χ1) is 19.9. The zero-order valence-electron chi connectivity index (χ0n) is 25.4. The minimum atomic E-state index is -4.25. The first-order valence-electron chi connectivity index (χ1n) is 13.8. The van der Waals surface area contributed by atoms with E-state index in [2.05, 4.69) is 5.32 Å². The number of hydrogen-bond donors (Lipinski definition) is 1. The molecule has 42 heavy (non-hydrogen) atoms. The number of carbonyl (C=O) groups excluding carboxylic acids is 2. The standard InChI is InChI=1S/C32H41N3O6S/c1-22(2)19-33-32(37)25(5)34(20-26-12-8-23(3)9-13-26)31(36)21-35(29-18-27(40-6)14-17-30(29)41-7)42(38,39)28-15-10-24(4)11-16-28/h8-18,22,25H,19-21H2,1-7H3,(H,33,37)/t25-/m0/s1. The van der Waals surface area contributed by atoms with E-state index in [1.54, 1.807) is 31.2 Å². The normalized spacial score (nSPS) is 12.0. The second-order valence-electron chi connectivity index (χ2n) is 10.7. The van der Waals surface area contributed by atoms with Gasteiger partial charge in [-0.2, -0.15) is 0 Å². The molecule has 0 aromatic heterocycles. The highest BCUT2D eigenvalue weighted by Crippen LogP contribution is 2.36. The quantitative estimate of drug-likeness (QED) is 0.307. The lowest BCUT2D eigenvalue weighted by atomic mass is 10.1. The van der Waals surface area contributed by atoms with Gasteiger partial charge in [-0.3, -0.25) is 13.9 Å². The van der Waals surface area contributed by atoms with Crippen LogP contribution in [-0.4, -0.2) is 58.5 Å². The minimum absolute atomic E-state index is 0.0126. The second-order valence-corrected chi connectivity index (χ2v) is 12.5. The molecule has 0 fully saturated rings. The number of anilines is 1. The number of sulfonamides is 1. The summed E-state index contributed by atoms with van der Waals surface area (Å²) in [6.45, 7) is 9.42. The van der Waals surface area contributed by atoms with Crippen molar-refractivity contribution in [2.75, 3.05) is 31.6 Å². The Morgan fingerprint density at radius 3 is 2.00 bits per heavy atom. The summed E-state index contributed by atoms with van der Waals surface area (Å²) in [5, 5.41) is 2.89. The van der Waals surface area contributed by atoms with Gasteiger partial charge in [0.05, 0.1) is 24.8 Å². The molecule has 0 aliphatic heterocycles. The first-order valence-corrected chi connectivity index (χ1v) is 15.3. The highest BCUT2D eigenvalue weighted by Gasteiger charge is 2.34. The van der Waals surface area contributed by atoms with Crippen LogP contribution >= 0.6 is 0 Å². The van der Waals surface area contributed by atoms with E-state index in [1.807, 2.05) is 52.0 Å². The van der Waals surface area contributed by atoms with Gasteiger partial charge in [-0.1, -0.05) is 61.4 Å². The molecule has 0 bridgehead atoms. The lowest BCUT2D eigenvalue weighted by molar-refractivity contribution is -0.139. The predicted octanol–water partition coefficient (Wildman–Crippen LogP) is 4.71. The van der Waals surface area contributed by atoms with E-state index in [0.717, 1.165) is 21.0 Å². The van der Waals surface area contributed by atoms with Crippen molar-refractivity contribution in [3.63, 3.8) is 0 Å². The Morgan fingerprint density at radius 2 is 1.45 bits per heavy atom. The molecular formula is C32H41N3O6S. The zero-order chi connectivity index (χ0) is 31.0. The van der Waals surface area contributed by atoms with E-state index in [0.29, 0.717) is 12.3 Å². The van der Waals surface area contributed by atoms with Gasteiger partial charge in [-0.15, -0.1) is 0 Å². The molecule has 0 aliphatic carbocycles. The third kappa shape index (κ3) is 8.03. The van der Waals surface area contributed by atoms with Gasteiger partial charge in [0.25, 0.3) is 10.0 Å². The minimum Gasteiger partial charge on any atom is -0.497 e. The molecule has 9 nitrogen and oxygen atoms in total.